The summed E-state index contributed by atoms with van der Waals surface area (Å²) < 4.78 is 5.27. The number of nitro benzene ring substituents is 1. The average molecular weight is 389 g/mol. The number of carbonyl (C=O) groups excluding carboxylic acids is 1. The van der Waals surface area contributed by atoms with Gasteiger partial charge >= 0.3 is 5.69 Å². The van der Waals surface area contributed by atoms with Crippen molar-refractivity contribution in [3.8, 4) is 5.75 Å². The topological polar surface area (TPSA) is 84.7 Å². The van der Waals surface area contributed by atoms with Crippen LogP contribution in [0.5, 0.6) is 5.75 Å². The van der Waals surface area contributed by atoms with Gasteiger partial charge in [0.1, 0.15) is 0 Å². The van der Waals surface area contributed by atoms with Crippen molar-refractivity contribution in [1.29, 1.82) is 0 Å². The first-order valence-electron chi connectivity index (χ1n) is 9.07. The van der Waals surface area contributed by atoms with E-state index < -0.39 is 4.92 Å². The summed E-state index contributed by atoms with van der Waals surface area (Å²) in [5, 5.41) is 16.2. The van der Waals surface area contributed by atoms with E-state index in [1.807, 2.05) is 11.4 Å². The second-order valence-electron chi connectivity index (χ2n) is 6.36. The molecule has 1 unspecified atom stereocenters. The summed E-state index contributed by atoms with van der Waals surface area (Å²) in [5.41, 5.74) is 0.0651. The molecule has 0 bridgehead atoms. The van der Waals surface area contributed by atoms with Gasteiger partial charge in [0.05, 0.1) is 17.6 Å². The van der Waals surface area contributed by atoms with Crippen molar-refractivity contribution >= 4 is 22.9 Å². The first-order valence-corrected chi connectivity index (χ1v) is 9.95. The number of benzene rings is 1. The Bertz CT molecular complexity index is 788. The molecule has 1 fully saturated rings. The van der Waals surface area contributed by atoms with Crippen molar-refractivity contribution in [3.63, 3.8) is 0 Å². The fourth-order valence-corrected chi connectivity index (χ4v) is 4.17. The third-order valence-corrected chi connectivity index (χ3v) is 5.60. The van der Waals surface area contributed by atoms with Gasteiger partial charge in [0.2, 0.25) is 0 Å². The van der Waals surface area contributed by atoms with E-state index in [1.165, 1.54) is 29.9 Å². The summed E-state index contributed by atoms with van der Waals surface area (Å²) in [6.45, 7) is 4.60. The molecule has 2 aromatic rings. The number of rotatable bonds is 8. The van der Waals surface area contributed by atoms with E-state index in [0.29, 0.717) is 13.2 Å². The summed E-state index contributed by atoms with van der Waals surface area (Å²) in [5.74, 6) is -0.144. The lowest BCUT2D eigenvalue weighted by Gasteiger charge is -2.26. The number of carbonyl (C=O) groups is 1. The Morgan fingerprint density at radius 1 is 1.37 bits per heavy atom. The summed E-state index contributed by atoms with van der Waals surface area (Å²) in [6, 6.07) is 8.55. The van der Waals surface area contributed by atoms with Crippen LogP contribution < -0.4 is 10.1 Å². The van der Waals surface area contributed by atoms with Gasteiger partial charge in [-0.25, -0.2) is 0 Å². The minimum atomic E-state index is -0.527. The number of nitro groups is 1. The number of thiophene rings is 1. The Morgan fingerprint density at radius 3 is 2.78 bits per heavy atom. The molecule has 1 aromatic heterocycles. The van der Waals surface area contributed by atoms with Gasteiger partial charge in [0.25, 0.3) is 5.91 Å². The molecule has 1 amide bonds. The number of likely N-dealkylation sites (tertiary alicyclic amines) is 1. The second-order valence-corrected chi connectivity index (χ2v) is 7.34. The largest absolute Gasteiger partial charge is 0.487 e. The lowest BCUT2D eigenvalue weighted by Crippen LogP contribution is -2.36. The quantitative estimate of drug-likeness (QED) is 0.551. The summed E-state index contributed by atoms with van der Waals surface area (Å²) in [6.07, 6.45) is 2.34. The van der Waals surface area contributed by atoms with Gasteiger partial charge in [0, 0.05) is 23.1 Å². The van der Waals surface area contributed by atoms with Gasteiger partial charge in [-0.15, -0.1) is 11.3 Å². The minimum Gasteiger partial charge on any atom is -0.487 e. The molecule has 2 heterocycles. The first-order chi connectivity index (χ1) is 13.1. The van der Waals surface area contributed by atoms with Crippen LogP contribution in [-0.2, 0) is 0 Å². The van der Waals surface area contributed by atoms with E-state index >= 15 is 0 Å². The molecule has 1 aliphatic rings. The van der Waals surface area contributed by atoms with Crippen LogP contribution in [0, 0.1) is 10.1 Å². The molecule has 0 saturated carbocycles. The number of ether oxygens (including phenoxy) is 1. The zero-order valence-electron chi connectivity index (χ0n) is 15.2. The Balaban J connectivity index is 1.72. The SMILES string of the molecule is CCOc1ccc(C(=O)NCC(c2cccs2)N2CCCC2)cc1[N+](=O)[O-]. The molecule has 3 rings (SSSR count). The van der Waals surface area contributed by atoms with E-state index in [1.54, 1.807) is 24.3 Å². The van der Waals surface area contributed by atoms with Crippen LogP contribution in [0.15, 0.2) is 35.7 Å². The number of nitrogens with one attached hydrogen (secondary N) is 1. The molecular formula is C19H23N3O4S. The molecule has 1 aliphatic heterocycles. The molecular weight excluding hydrogens is 366 g/mol. The first kappa shape index (κ1) is 19.3. The lowest BCUT2D eigenvalue weighted by molar-refractivity contribution is -0.385. The fraction of sp³-hybridized carbons (Fsp3) is 0.421. The zero-order valence-corrected chi connectivity index (χ0v) is 16.0. The Labute approximate surface area is 162 Å². The van der Waals surface area contributed by atoms with Crippen molar-refractivity contribution in [3.05, 3.63) is 56.3 Å². The molecule has 144 valence electrons. The van der Waals surface area contributed by atoms with Crippen molar-refractivity contribution < 1.29 is 14.5 Å². The number of hydrogen-bond donors (Lipinski definition) is 1. The molecule has 8 heteroatoms. The predicted octanol–water partition coefficient (Wildman–Crippen LogP) is 3.62. The zero-order chi connectivity index (χ0) is 19.2. The van der Waals surface area contributed by atoms with Gasteiger partial charge in [-0.05, 0) is 56.4 Å². The molecule has 0 radical (unpaired) electrons. The summed E-state index contributed by atoms with van der Waals surface area (Å²) in [4.78, 5) is 26.9. The molecule has 1 aromatic carbocycles. The van der Waals surface area contributed by atoms with E-state index in [2.05, 4.69) is 16.3 Å². The highest BCUT2D eigenvalue weighted by molar-refractivity contribution is 7.10. The standard InChI is InChI=1S/C19H23N3O4S/c1-2-26-17-8-7-14(12-15(17)22(24)25)19(23)20-13-16(18-6-5-11-27-18)21-9-3-4-10-21/h5-8,11-12,16H,2-4,9-10,13H2,1H3,(H,20,23). The van der Waals surface area contributed by atoms with E-state index in [0.717, 1.165) is 13.1 Å². The van der Waals surface area contributed by atoms with E-state index in [-0.39, 0.29) is 28.9 Å². The van der Waals surface area contributed by atoms with Crippen molar-refractivity contribution in [2.75, 3.05) is 26.2 Å². The van der Waals surface area contributed by atoms with Crippen LogP contribution in [0.25, 0.3) is 0 Å². The molecule has 1 N–H and O–H groups in total. The third-order valence-electron chi connectivity index (χ3n) is 4.63. The second kappa shape index (κ2) is 8.96. The van der Waals surface area contributed by atoms with Crippen molar-refractivity contribution in [1.82, 2.24) is 10.2 Å². The molecule has 27 heavy (non-hydrogen) atoms. The number of nitrogens with zero attached hydrogens (tertiary/aromatic N) is 2. The minimum absolute atomic E-state index is 0.133. The Morgan fingerprint density at radius 2 is 2.15 bits per heavy atom. The van der Waals surface area contributed by atoms with Gasteiger partial charge in [-0.3, -0.25) is 19.8 Å². The molecule has 1 atom stereocenters. The number of amides is 1. The van der Waals surface area contributed by atoms with Crippen LogP contribution in [0.1, 0.15) is 41.0 Å². The van der Waals surface area contributed by atoms with Gasteiger partial charge in [-0.2, -0.15) is 0 Å². The smallest absolute Gasteiger partial charge is 0.311 e. The maximum atomic E-state index is 12.6. The maximum absolute atomic E-state index is 12.6. The summed E-state index contributed by atoms with van der Waals surface area (Å²) in [7, 11) is 0. The van der Waals surface area contributed by atoms with Crippen molar-refractivity contribution in [2.24, 2.45) is 0 Å². The van der Waals surface area contributed by atoms with E-state index in [9.17, 15) is 14.9 Å². The highest BCUT2D eigenvalue weighted by Gasteiger charge is 2.25. The average Bonchev–Trinajstić information content (AvgIpc) is 3.36. The monoisotopic (exact) mass is 389 g/mol. The molecule has 1 saturated heterocycles. The fourth-order valence-electron chi connectivity index (χ4n) is 3.31. The highest BCUT2D eigenvalue weighted by Crippen LogP contribution is 2.29. The molecule has 7 nitrogen and oxygen atoms in total. The van der Waals surface area contributed by atoms with Crippen LogP contribution in [-0.4, -0.2) is 42.0 Å². The number of hydrogen-bond acceptors (Lipinski definition) is 6. The highest BCUT2D eigenvalue weighted by atomic mass is 32.1. The van der Waals surface area contributed by atoms with Gasteiger partial charge in [-0.1, -0.05) is 6.07 Å². The predicted molar refractivity (Wildman–Crippen MR) is 104 cm³/mol. The van der Waals surface area contributed by atoms with E-state index in [4.69, 9.17) is 4.74 Å². The Kier molecular flexibility index (Phi) is 6.41. The normalized spacial score (nSPS) is 15.4. The van der Waals surface area contributed by atoms with Gasteiger partial charge < -0.3 is 10.1 Å². The van der Waals surface area contributed by atoms with Gasteiger partial charge in [0.15, 0.2) is 5.75 Å². The molecule has 0 aliphatic carbocycles. The summed E-state index contributed by atoms with van der Waals surface area (Å²) >= 11 is 1.68. The third kappa shape index (κ3) is 4.64. The van der Waals surface area contributed by atoms with Crippen molar-refractivity contribution in [2.45, 2.75) is 25.8 Å². The van der Waals surface area contributed by atoms with Crippen LogP contribution in [0.4, 0.5) is 5.69 Å². The Hall–Kier alpha value is -2.45. The maximum Gasteiger partial charge on any atom is 0.311 e. The van der Waals surface area contributed by atoms with Crippen LogP contribution in [0.3, 0.4) is 0 Å². The lowest BCUT2D eigenvalue weighted by atomic mass is 10.1. The molecule has 0 spiro atoms. The van der Waals surface area contributed by atoms with Crippen LogP contribution >= 0.6 is 11.3 Å². The van der Waals surface area contributed by atoms with Crippen LogP contribution in [0.2, 0.25) is 0 Å².